The molecule has 4 nitrogen and oxygen atoms in total. The van der Waals surface area contributed by atoms with E-state index in [2.05, 4.69) is 15.3 Å². The quantitative estimate of drug-likeness (QED) is 0.724. The summed E-state index contributed by atoms with van der Waals surface area (Å²) in [5.41, 5.74) is 1.74. The van der Waals surface area contributed by atoms with Gasteiger partial charge in [0.05, 0.1) is 5.52 Å². The van der Waals surface area contributed by atoms with E-state index in [1.165, 1.54) is 18.5 Å². The van der Waals surface area contributed by atoms with Crippen molar-refractivity contribution in [3.63, 3.8) is 0 Å². The van der Waals surface area contributed by atoms with Crippen LogP contribution in [0.1, 0.15) is 18.5 Å². The molecular formula is C18H16F3N3O. The maximum Gasteiger partial charge on any atom is 0.422 e. The molecule has 7 heteroatoms. The Balaban J connectivity index is 1.71. The summed E-state index contributed by atoms with van der Waals surface area (Å²) >= 11 is 0. The average Bonchev–Trinajstić information content (AvgIpc) is 2.60. The Hall–Kier alpha value is -2.83. The van der Waals surface area contributed by atoms with Crippen LogP contribution in [-0.4, -0.2) is 22.8 Å². The predicted octanol–water partition coefficient (Wildman–Crippen LogP) is 4.74. The molecule has 1 heterocycles. The van der Waals surface area contributed by atoms with Crippen LogP contribution in [0.25, 0.3) is 10.9 Å². The highest BCUT2D eigenvalue weighted by molar-refractivity contribution is 5.88. The van der Waals surface area contributed by atoms with Crippen molar-refractivity contribution in [2.45, 2.75) is 19.1 Å². The first-order valence-corrected chi connectivity index (χ1v) is 7.68. The third-order valence-corrected chi connectivity index (χ3v) is 3.68. The number of hydrogen-bond acceptors (Lipinski definition) is 4. The van der Waals surface area contributed by atoms with E-state index < -0.39 is 12.8 Å². The molecule has 1 N–H and O–H groups in total. The normalized spacial score (nSPS) is 12.8. The number of rotatable bonds is 5. The van der Waals surface area contributed by atoms with Crippen molar-refractivity contribution in [3.05, 3.63) is 60.4 Å². The van der Waals surface area contributed by atoms with Crippen LogP contribution < -0.4 is 10.1 Å². The molecule has 3 aromatic rings. The summed E-state index contributed by atoms with van der Waals surface area (Å²) in [5, 5.41) is 4.21. The lowest BCUT2D eigenvalue weighted by atomic mass is 10.1. The molecule has 0 radical (unpaired) electrons. The summed E-state index contributed by atoms with van der Waals surface area (Å²) in [7, 11) is 0. The van der Waals surface area contributed by atoms with E-state index in [4.69, 9.17) is 4.74 Å². The molecule has 1 aromatic heterocycles. The average molecular weight is 347 g/mol. The minimum atomic E-state index is -4.35. The van der Waals surface area contributed by atoms with Crippen LogP contribution in [0.5, 0.6) is 5.75 Å². The van der Waals surface area contributed by atoms with Crippen LogP contribution in [-0.2, 0) is 0 Å². The number of para-hydroxylation sites is 1. The fourth-order valence-corrected chi connectivity index (χ4v) is 2.43. The van der Waals surface area contributed by atoms with Crippen molar-refractivity contribution in [1.82, 2.24) is 9.97 Å². The Labute approximate surface area is 142 Å². The van der Waals surface area contributed by atoms with E-state index in [9.17, 15) is 13.2 Å². The Kier molecular flexibility index (Phi) is 4.74. The number of benzene rings is 2. The van der Waals surface area contributed by atoms with E-state index in [1.54, 1.807) is 12.1 Å². The van der Waals surface area contributed by atoms with Gasteiger partial charge in [0.2, 0.25) is 0 Å². The van der Waals surface area contributed by atoms with Crippen molar-refractivity contribution < 1.29 is 17.9 Å². The molecule has 0 spiro atoms. The van der Waals surface area contributed by atoms with Crippen LogP contribution in [0.2, 0.25) is 0 Å². The number of alkyl halides is 3. The van der Waals surface area contributed by atoms with E-state index in [0.717, 1.165) is 16.5 Å². The van der Waals surface area contributed by atoms with Gasteiger partial charge in [0, 0.05) is 11.4 Å². The van der Waals surface area contributed by atoms with E-state index >= 15 is 0 Å². The van der Waals surface area contributed by atoms with E-state index in [0.29, 0.717) is 5.82 Å². The van der Waals surface area contributed by atoms with Crippen LogP contribution in [0.4, 0.5) is 19.0 Å². The SMILES string of the molecule is CC(Nc1ncnc2ccccc12)c1ccc(OCC(F)(F)F)cc1. The maximum absolute atomic E-state index is 12.2. The molecule has 3 rings (SSSR count). The number of hydrogen-bond donors (Lipinski definition) is 1. The number of halogens is 3. The summed E-state index contributed by atoms with van der Waals surface area (Å²) in [6.07, 6.45) is -2.85. The molecule has 0 aliphatic rings. The lowest BCUT2D eigenvalue weighted by Crippen LogP contribution is -2.19. The fraction of sp³-hybridized carbons (Fsp3) is 0.222. The minimum absolute atomic E-state index is 0.0880. The molecule has 25 heavy (non-hydrogen) atoms. The molecular weight excluding hydrogens is 331 g/mol. The van der Waals surface area contributed by atoms with Crippen molar-refractivity contribution in [2.24, 2.45) is 0 Å². The number of fused-ring (bicyclic) bond motifs is 1. The van der Waals surface area contributed by atoms with Crippen molar-refractivity contribution in [2.75, 3.05) is 11.9 Å². The van der Waals surface area contributed by atoms with Crippen molar-refractivity contribution in [3.8, 4) is 5.75 Å². The van der Waals surface area contributed by atoms with Gasteiger partial charge in [-0.15, -0.1) is 0 Å². The van der Waals surface area contributed by atoms with Gasteiger partial charge in [-0.05, 0) is 36.8 Å². The number of nitrogens with zero attached hydrogens (tertiary/aromatic N) is 2. The summed E-state index contributed by atoms with van der Waals surface area (Å²) in [6.45, 7) is 0.648. The fourth-order valence-electron chi connectivity index (χ4n) is 2.43. The summed E-state index contributed by atoms with van der Waals surface area (Å²) in [4.78, 5) is 8.49. The highest BCUT2D eigenvalue weighted by Crippen LogP contribution is 2.25. The molecule has 1 unspecified atom stereocenters. The molecule has 0 saturated carbocycles. The largest absolute Gasteiger partial charge is 0.484 e. The van der Waals surface area contributed by atoms with Crippen LogP contribution in [0.15, 0.2) is 54.9 Å². The highest BCUT2D eigenvalue weighted by Gasteiger charge is 2.28. The van der Waals surface area contributed by atoms with Crippen LogP contribution in [0, 0.1) is 0 Å². The predicted molar refractivity (Wildman–Crippen MR) is 89.6 cm³/mol. The van der Waals surface area contributed by atoms with Gasteiger partial charge >= 0.3 is 6.18 Å². The second kappa shape index (κ2) is 6.96. The number of anilines is 1. The Morgan fingerprint density at radius 2 is 1.76 bits per heavy atom. The first kappa shape index (κ1) is 17.0. The van der Waals surface area contributed by atoms with Gasteiger partial charge in [-0.25, -0.2) is 9.97 Å². The summed E-state index contributed by atoms with van der Waals surface area (Å²) in [5.74, 6) is 0.885. The second-order valence-electron chi connectivity index (χ2n) is 5.58. The number of aromatic nitrogens is 2. The van der Waals surface area contributed by atoms with Gasteiger partial charge in [-0.1, -0.05) is 24.3 Å². The molecule has 130 valence electrons. The molecule has 0 aliphatic carbocycles. The topological polar surface area (TPSA) is 47.0 Å². The maximum atomic E-state index is 12.2. The van der Waals surface area contributed by atoms with Gasteiger partial charge in [0.1, 0.15) is 17.9 Å². The second-order valence-corrected chi connectivity index (χ2v) is 5.58. The zero-order valence-corrected chi connectivity index (χ0v) is 13.4. The lowest BCUT2D eigenvalue weighted by molar-refractivity contribution is -0.153. The van der Waals surface area contributed by atoms with E-state index in [-0.39, 0.29) is 11.8 Å². The first-order valence-electron chi connectivity index (χ1n) is 7.68. The van der Waals surface area contributed by atoms with Crippen LogP contribution >= 0.6 is 0 Å². The summed E-state index contributed by atoms with van der Waals surface area (Å²) < 4.78 is 41.2. The number of ether oxygens (including phenoxy) is 1. The summed E-state index contributed by atoms with van der Waals surface area (Å²) in [6, 6.07) is 14.1. The number of nitrogens with one attached hydrogen (secondary N) is 1. The van der Waals surface area contributed by atoms with Crippen molar-refractivity contribution in [1.29, 1.82) is 0 Å². The van der Waals surface area contributed by atoms with Crippen LogP contribution in [0.3, 0.4) is 0 Å². The lowest BCUT2D eigenvalue weighted by Gasteiger charge is -2.17. The first-order chi connectivity index (χ1) is 11.9. The van der Waals surface area contributed by atoms with Gasteiger partial charge < -0.3 is 10.1 Å². The Morgan fingerprint density at radius 3 is 2.48 bits per heavy atom. The third kappa shape index (κ3) is 4.37. The third-order valence-electron chi connectivity index (χ3n) is 3.68. The minimum Gasteiger partial charge on any atom is -0.484 e. The standard InChI is InChI=1S/C18H16F3N3O/c1-12(13-6-8-14(9-7-13)25-10-18(19,20)21)24-17-15-4-2-3-5-16(15)22-11-23-17/h2-9,11-12H,10H2,1H3,(H,22,23,24). The molecule has 0 fully saturated rings. The monoisotopic (exact) mass is 347 g/mol. The zero-order chi connectivity index (χ0) is 17.9. The molecule has 0 aliphatic heterocycles. The van der Waals surface area contributed by atoms with Crippen molar-refractivity contribution >= 4 is 16.7 Å². The smallest absolute Gasteiger partial charge is 0.422 e. The zero-order valence-electron chi connectivity index (χ0n) is 13.4. The highest BCUT2D eigenvalue weighted by atomic mass is 19.4. The molecule has 0 amide bonds. The molecule has 1 atom stereocenters. The molecule has 0 saturated heterocycles. The van der Waals surface area contributed by atoms with E-state index in [1.807, 2.05) is 31.2 Å². The van der Waals surface area contributed by atoms with Gasteiger partial charge in [-0.2, -0.15) is 13.2 Å². The van der Waals surface area contributed by atoms with Gasteiger partial charge in [0.15, 0.2) is 6.61 Å². The van der Waals surface area contributed by atoms with Gasteiger partial charge in [-0.3, -0.25) is 0 Å². The molecule has 2 aromatic carbocycles. The molecule has 0 bridgehead atoms. The van der Waals surface area contributed by atoms with Gasteiger partial charge in [0.25, 0.3) is 0 Å². The Morgan fingerprint density at radius 1 is 1.04 bits per heavy atom. The Bertz CT molecular complexity index is 845.